The van der Waals surface area contributed by atoms with Gasteiger partial charge in [0.05, 0.1) is 5.69 Å². The first-order valence-electron chi connectivity index (χ1n) is 4.97. The lowest BCUT2D eigenvalue weighted by Crippen LogP contribution is -1.90. The molecule has 0 radical (unpaired) electrons. The summed E-state index contributed by atoms with van der Waals surface area (Å²) < 4.78 is 0. The van der Waals surface area contributed by atoms with Gasteiger partial charge in [-0.2, -0.15) is 0 Å². The van der Waals surface area contributed by atoms with Crippen molar-refractivity contribution < 1.29 is 4.79 Å². The highest BCUT2D eigenvalue weighted by atomic mass is 35.5. The van der Waals surface area contributed by atoms with Gasteiger partial charge in [-0.05, 0) is 24.5 Å². The molecular weight excluding hydrogens is 210 g/mol. The maximum atomic E-state index is 10.9. The molecule has 2 nitrogen and oxygen atoms in total. The van der Waals surface area contributed by atoms with Crippen molar-refractivity contribution in [3.8, 4) is 0 Å². The molecule has 1 heterocycles. The van der Waals surface area contributed by atoms with Crippen LogP contribution < -0.4 is 0 Å². The Balaban J connectivity index is 2.51. The van der Waals surface area contributed by atoms with Gasteiger partial charge in [0.1, 0.15) is 0 Å². The first kappa shape index (κ1) is 10.2. The minimum absolute atomic E-state index is 0.623. The molecule has 0 aliphatic heterocycles. The summed E-state index contributed by atoms with van der Waals surface area (Å²) in [5, 5.41) is 1.13. The van der Waals surface area contributed by atoms with Crippen molar-refractivity contribution in [2.75, 3.05) is 5.88 Å². The van der Waals surface area contributed by atoms with Crippen molar-refractivity contribution in [2.24, 2.45) is 0 Å². The summed E-state index contributed by atoms with van der Waals surface area (Å²) in [6.07, 6.45) is 2.62. The van der Waals surface area contributed by atoms with Gasteiger partial charge >= 0.3 is 0 Å². The van der Waals surface area contributed by atoms with Crippen LogP contribution in [-0.4, -0.2) is 17.2 Å². The lowest BCUT2D eigenvalue weighted by Gasteiger charge is -1.97. The van der Waals surface area contributed by atoms with E-state index < -0.39 is 0 Å². The quantitative estimate of drug-likeness (QED) is 0.625. The smallest absolute Gasteiger partial charge is 0.166 e. The van der Waals surface area contributed by atoms with Crippen LogP contribution in [0.1, 0.15) is 22.5 Å². The number of para-hydroxylation sites is 1. The predicted octanol–water partition coefficient (Wildman–Crippen LogP) is 3.15. The molecule has 1 aromatic carbocycles. The van der Waals surface area contributed by atoms with E-state index in [-0.39, 0.29) is 0 Å². The summed E-state index contributed by atoms with van der Waals surface area (Å²) >= 11 is 5.67. The SMILES string of the molecule is O=Cc1[nH]c2ccccc2c1CCCCl. The molecule has 0 atom stereocenters. The molecule has 1 aromatic heterocycles. The van der Waals surface area contributed by atoms with Gasteiger partial charge in [0.25, 0.3) is 0 Å². The highest BCUT2D eigenvalue weighted by molar-refractivity contribution is 6.17. The number of aromatic nitrogens is 1. The average molecular weight is 222 g/mol. The van der Waals surface area contributed by atoms with E-state index in [1.807, 2.05) is 24.3 Å². The van der Waals surface area contributed by atoms with Gasteiger partial charge in [-0.25, -0.2) is 0 Å². The van der Waals surface area contributed by atoms with Crippen LogP contribution >= 0.6 is 11.6 Å². The van der Waals surface area contributed by atoms with Gasteiger partial charge in [-0.3, -0.25) is 4.79 Å². The van der Waals surface area contributed by atoms with Crippen LogP contribution in [0.4, 0.5) is 0 Å². The van der Waals surface area contributed by atoms with Crippen LogP contribution in [0.3, 0.4) is 0 Å². The standard InChI is InChI=1S/C12H12ClNO/c13-7-3-5-10-9-4-1-2-6-11(9)14-12(10)8-15/h1-2,4,6,8,14H,3,5,7H2. The zero-order valence-corrected chi connectivity index (χ0v) is 9.05. The molecule has 2 rings (SSSR count). The Morgan fingerprint density at radius 3 is 2.87 bits per heavy atom. The Labute approximate surface area is 93.2 Å². The van der Waals surface area contributed by atoms with E-state index in [0.717, 1.165) is 35.6 Å². The summed E-state index contributed by atoms with van der Waals surface area (Å²) in [5.74, 6) is 0.623. The van der Waals surface area contributed by atoms with Crippen molar-refractivity contribution in [2.45, 2.75) is 12.8 Å². The molecule has 0 unspecified atom stereocenters. The Morgan fingerprint density at radius 2 is 2.13 bits per heavy atom. The van der Waals surface area contributed by atoms with Crippen molar-refractivity contribution in [1.29, 1.82) is 0 Å². The Hall–Kier alpha value is -1.28. The number of H-pyrrole nitrogens is 1. The maximum Gasteiger partial charge on any atom is 0.166 e. The van der Waals surface area contributed by atoms with Crippen LogP contribution in [0, 0.1) is 0 Å². The number of halogens is 1. The number of alkyl halides is 1. The molecule has 0 saturated heterocycles. The monoisotopic (exact) mass is 221 g/mol. The highest BCUT2D eigenvalue weighted by Crippen LogP contribution is 2.22. The number of hydrogen-bond donors (Lipinski definition) is 1. The number of aromatic amines is 1. The summed E-state index contributed by atoms with van der Waals surface area (Å²) in [4.78, 5) is 14.0. The molecule has 0 spiro atoms. The van der Waals surface area contributed by atoms with E-state index in [2.05, 4.69) is 4.98 Å². The number of rotatable bonds is 4. The number of carbonyl (C=O) groups excluding carboxylic acids is 1. The Kier molecular flexibility index (Phi) is 3.07. The van der Waals surface area contributed by atoms with Gasteiger partial charge in [0.15, 0.2) is 6.29 Å². The molecule has 3 heteroatoms. The normalized spacial score (nSPS) is 10.7. The summed E-state index contributed by atoms with van der Waals surface area (Å²) in [6.45, 7) is 0. The fourth-order valence-electron chi connectivity index (χ4n) is 1.83. The lowest BCUT2D eigenvalue weighted by molar-refractivity contribution is 0.111. The Morgan fingerprint density at radius 1 is 1.33 bits per heavy atom. The predicted molar refractivity (Wildman–Crippen MR) is 62.7 cm³/mol. The first-order valence-corrected chi connectivity index (χ1v) is 5.51. The van der Waals surface area contributed by atoms with Crippen LogP contribution in [-0.2, 0) is 6.42 Å². The summed E-state index contributed by atoms with van der Waals surface area (Å²) in [5.41, 5.74) is 2.78. The molecule has 2 aromatic rings. The second-order valence-corrected chi connectivity index (χ2v) is 3.85. The molecule has 0 saturated carbocycles. The second kappa shape index (κ2) is 4.49. The molecule has 1 N–H and O–H groups in total. The average Bonchev–Trinajstić information content (AvgIpc) is 2.64. The molecular formula is C12H12ClNO. The van der Waals surface area contributed by atoms with Crippen molar-refractivity contribution in [3.05, 3.63) is 35.5 Å². The molecule has 0 amide bonds. The zero-order valence-electron chi connectivity index (χ0n) is 8.29. The number of aldehydes is 1. The fraction of sp³-hybridized carbons (Fsp3) is 0.250. The number of fused-ring (bicyclic) bond motifs is 1. The lowest BCUT2D eigenvalue weighted by atomic mass is 10.1. The highest BCUT2D eigenvalue weighted by Gasteiger charge is 2.09. The van der Waals surface area contributed by atoms with Crippen LogP contribution in [0.5, 0.6) is 0 Å². The van der Waals surface area contributed by atoms with Gasteiger partial charge in [0, 0.05) is 16.8 Å². The number of nitrogens with one attached hydrogen (secondary N) is 1. The maximum absolute atomic E-state index is 10.9. The third-order valence-electron chi connectivity index (χ3n) is 2.52. The van der Waals surface area contributed by atoms with Crippen LogP contribution in [0.15, 0.2) is 24.3 Å². The number of carbonyl (C=O) groups is 1. The van der Waals surface area contributed by atoms with Crippen LogP contribution in [0.2, 0.25) is 0 Å². The zero-order chi connectivity index (χ0) is 10.7. The van der Waals surface area contributed by atoms with E-state index in [1.54, 1.807) is 0 Å². The van der Waals surface area contributed by atoms with E-state index >= 15 is 0 Å². The van der Waals surface area contributed by atoms with E-state index in [1.165, 1.54) is 0 Å². The van der Waals surface area contributed by atoms with Crippen LogP contribution in [0.25, 0.3) is 10.9 Å². The third-order valence-corrected chi connectivity index (χ3v) is 2.79. The molecule has 0 aliphatic carbocycles. The minimum Gasteiger partial charge on any atom is -0.352 e. The molecule has 78 valence electrons. The number of hydrogen-bond acceptors (Lipinski definition) is 1. The Bertz CT molecular complexity index is 475. The topological polar surface area (TPSA) is 32.9 Å². The van der Waals surface area contributed by atoms with Gasteiger partial charge < -0.3 is 4.98 Å². The number of benzene rings is 1. The molecule has 0 aliphatic rings. The van der Waals surface area contributed by atoms with Crippen molar-refractivity contribution in [1.82, 2.24) is 4.98 Å². The van der Waals surface area contributed by atoms with Crippen molar-refractivity contribution >= 4 is 28.8 Å². The summed E-state index contributed by atoms with van der Waals surface area (Å²) in [7, 11) is 0. The summed E-state index contributed by atoms with van der Waals surface area (Å²) in [6, 6.07) is 7.95. The first-order chi connectivity index (χ1) is 7.36. The van der Waals surface area contributed by atoms with Gasteiger partial charge in [-0.15, -0.1) is 11.6 Å². The van der Waals surface area contributed by atoms with E-state index in [4.69, 9.17) is 11.6 Å². The van der Waals surface area contributed by atoms with Crippen molar-refractivity contribution in [3.63, 3.8) is 0 Å². The molecule has 0 bridgehead atoms. The van der Waals surface area contributed by atoms with E-state index in [0.29, 0.717) is 11.6 Å². The third kappa shape index (κ3) is 1.90. The molecule has 15 heavy (non-hydrogen) atoms. The van der Waals surface area contributed by atoms with Gasteiger partial charge in [0.2, 0.25) is 0 Å². The van der Waals surface area contributed by atoms with E-state index in [9.17, 15) is 4.79 Å². The largest absolute Gasteiger partial charge is 0.352 e. The van der Waals surface area contributed by atoms with Gasteiger partial charge in [-0.1, -0.05) is 18.2 Å². The molecule has 0 fully saturated rings. The minimum atomic E-state index is 0.623. The number of aryl methyl sites for hydroxylation is 1. The fourth-order valence-corrected chi connectivity index (χ4v) is 1.97. The second-order valence-electron chi connectivity index (χ2n) is 3.47.